The van der Waals surface area contributed by atoms with Gasteiger partial charge < -0.3 is 9.64 Å². The molecule has 0 saturated carbocycles. The van der Waals surface area contributed by atoms with Crippen LogP contribution < -0.4 is 4.74 Å². The Labute approximate surface area is 129 Å². The van der Waals surface area contributed by atoms with Gasteiger partial charge in [-0.3, -0.25) is 4.79 Å². The molecule has 0 aliphatic rings. The van der Waals surface area contributed by atoms with Crippen LogP contribution in [0.15, 0.2) is 24.3 Å². The van der Waals surface area contributed by atoms with Crippen molar-refractivity contribution in [1.29, 1.82) is 0 Å². The molecule has 0 N–H and O–H groups in total. The minimum absolute atomic E-state index is 0.152. The average Bonchev–Trinajstić information content (AvgIpc) is 2.46. The Kier molecular flexibility index (Phi) is 7.21. The first kappa shape index (κ1) is 18.3. The largest absolute Gasteiger partial charge is 0.573 e. The van der Waals surface area contributed by atoms with Crippen LogP contribution in [-0.2, 0) is 0 Å². The van der Waals surface area contributed by atoms with Crippen LogP contribution in [0.3, 0.4) is 0 Å². The summed E-state index contributed by atoms with van der Waals surface area (Å²) < 4.78 is 40.1. The first-order valence-corrected chi connectivity index (χ1v) is 7.52. The zero-order chi connectivity index (χ0) is 16.6. The van der Waals surface area contributed by atoms with Gasteiger partial charge >= 0.3 is 6.36 Å². The van der Waals surface area contributed by atoms with E-state index in [4.69, 9.17) is 0 Å². The molecule has 0 aliphatic heterocycles. The van der Waals surface area contributed by atoms with Gasteiger partial charge in [0, 0.05) is 18.7 Å². The van der Waals surface area contributed by atoms with Crippen LogP contribution in [-0.4, -0.2) is 30.3 Å². The summed E-state index contributed by atoms with van der Waals surface area (Å²) in [7, 11) is 0. The maximum absolute atomic E-state index is 12.4. The van der Waals surface area contributed by atoms with E-state index < -0.39 is 6.36 Å². The lowest BCUT2D eigenvalue weighted by atomic mass is 10.1. The molecular weight excluding hydrogens is 295 g/mol. The van der Waals surface area contributed by atoms with Gasteiger partial charge in [0.25, 0.3) is 5.91 Å². The minimum atomic E-state index is -4.72. The van der Waals surface area contributed by atoms with E-state index in [0.717, 1.165) is 25.7 Å². The molecule has 0 saturated heterocycles. The highest BCUT2D eigenvalue weighted by Gasteiger charge is 2.31. The number of carbonyl (C=O) groups is 1. The van der Waals surface area contributed by atoms with Crippen molar-refractivity contribution in [3.05, 3.63) is 29.8 Å². The van der Waals surface area contributed by atoms with Gasteiger partial charge in [-0.05, 0) is 37.1 Å². The number of unbranched alkanes of at least 4 members (excludes halogenated alkanes) is 2. The first-order valence-electron chi connectivity index (χ1n) is 7.52. The Morgan fingerprint density at radius 3 is 1.95 bits per heavy atom. The zero-order valence-electron chi connectivity index (χ0n) is 12.9. The Morgan fingerprint density at radius 2 is 1.55 bits per heavy atom. The maximum Gasteiger partial charge on any atom is 0.573 e. The normalized spacial score (nSPS) is 11.3. The highest BCUT2D eigenvalue weighted by Crippen LogP contribution is 2.23. The molecule has 0 fully saturated rings. The highest BCUT2D eigenvalue weighted by atomic mass is 19.4. The van der Waals surface area contributed by atoms with Crippen molar-refractivity contribution in [3.63, 3.8) is 0 Å². The number of hydrogen-bond acceptors (Lipinski definition) is 2. The number of halogens is 3. The molecule has 0 unspecified atom stereocenters. The molecule has 0 aromatic heterocycles. The molecule has 124 valence electrons. The molecule has 0 radical (unpaired) electrons. The molecule has 6 heteroatoms. The van der Waals surface area contributed by atoms with Crippen LogP contribution in [0.25, 0.3) is 0 Å². The van der Waals surface area contributed by atoms with Crippen molar-refractivity contribution < 1.29 is 22.7 Å². The van der Waals surface area contributed by atoms with E-state index in [1.807, 2.05) is 13.8 Å². The molecule has 0 heterocycles. The molecule has 3 nitrogen and oxygen atoms in total. The van der Waals surface area contributed by atoms with Gasteiger partial charge in [0.15, 0.2) is 0 Å². The summed E-state index contributed by atoms with van der Waals surface area (Å²) in [4.78, 5) is 14.2. The summed E-state index contributed by atoms with van der Waals surface area (Å²) in [5.74, 6) is -0.474. The van der Waals surface area contributed by atoms with E-state index in [1.165, 1.54) is 24.3 Å². The lowest BCUT2D eigenvalue weighted by Crippen LogP contribution is -2.32. The molecule has 22 heavy (non-hydrogen) atoms. The SMILES string of the molecule is CCCCN(CCCC)C(=O)c1ccc(OC(F)(F)F)cc1. The van der Waals surface area contributed by atoms with Gasteiger partial charge in [-0.25, -0.2) is 0 Å². The second kappa shape index (κ2) is 8.66. The second-order valence-corrected chi connectivity index (χ2v) is 5.07. The average molecular weight is 317 g/mol. The smallest absolute Gasteiger partial charge is 0.406 e. The lowest BCUT2D eigenvalue weighted by molar-refractivity contribution is -0.274. The standard InChI is InChI=1S/C16H22F3NO2/c1-3-5-11-20(12-6-4-2)15(21)13-7-9-14(10-8-13)22-16(17,18)19/h7-10H,3-6,11-12H2,1-2H3. The number of amides is 1. The van der Waals surface area contributed by atoms with Crippen molar-refractivity contribution >= 4 is 5.91 Å². The third-order valence-corrected chi connectivity index (χ3v) is 3.19. The van der Waals surface area contributed by atoms with Crippen molar-refractivity contribution in [1.82, 2.24) is 4.90 Å². The van der Waals surface area contributed by atoms with Crippen LogP contribution in [0.5, 0.6) is 5.75 Å². The van der Waals surface area contributed by atoms with Crippen LogP contribution in [0, 0.1) is 0 Å². The second-order valence-electron chi connectivity index (χ2n) is 5.07. The minimum Gasteiger partial charge on any atom is -0.406 e. The molecule has 0 bridgehead atoms. The Hall–Kier alpha value is -1.72. The predicted molar refractivity (Wildman–Crippen MR) is 78.8 cm³/mol. The van der Waals surface area contributed by atoms with E-state index in [-0.39, 0.29) is 11.7 Å². The third kappa shape index (κ3) is 6.37. The molecule has 0 spiro atoms. The van der Waals surface area contributed by atoms with Gasteiger partial charge in [0.2, 0.25) is 0 Å². The first-order chi connectivity index (χ1) is 10.4. The van der Waals surface area contributed by atoms with Gasteiger partial charge in [-0.2, -0.15) is 0 Å². The van der Waals surface area contributed by atoms with Gasteiger partial charge in [0.1, 0.15) is 5.75 Å². The number of rotatable bonds is 8. The maximum atomic E-state index is 12.4. The van der Waals surface area contributed by atoms with Gasteiger partial charge in [-0.1, -0.05) is 26.7 Å². The summed E-state index contributed by atoms with van der Waals surface area (Å²) in [6.45, 7) is 5.42. The number of alkyl halides is 3. The predicted octanol–water partition coefficient (Wildman–Crippen LogP) is 4.63. The molecule has 1 rings (SSSR count). The fraction of sp³-hybridized carbons (Fsp3) is 0.562. The lowest BCUT2D eigenvalue weighted by Gasteiger charge is -2.22. The van der Waals surface area contributed by atoms with E-state index >= 15 is 0 Å². The summed E-state index contributed by atoms with van der Waals surface area (Å²) in [6, 6.07) is 5.07. The van der Waals surface area contributed by atoms with Crippen molar-refractivity contribution in [2.75, 3.05) is 13.1 Å². The molecule has 1 amide bonds. The molecular formula is C16H22F3NO2. The fourth-order valence-corrected chi connectivity index (χ4v) is 1.99. The fourth-order valence-electron chi connectivity index (χ4n) is 1.99. The van der Waals surface area contributed by atoms with Crippen LogP contribution in [0.1, 0.15) is 49.9 Å². The summed E-state index contributed by atoms with van der Waals surface area (Å²) in [5, 5.41) is 0. The zero-order valence-corrected chi connectivity index (χ0v) is 12.9. The van der Waals surface area contributed by atoms with Gasteiger partial charge in [-0.15, -0.1) is 13.2 Å². The van der Waals surface area contributed by atoms with Crippen LogP contribution >= 0.6 is 0 Å². The van der Waals surface area contributed by atoms with Crippen molar-refractivity contribution in [2.24, 2.45) is 0 Å². The molecule has 0 atom stereocenters. The molecule has 1 aromatic carbocycles. The third-order valence-electron chi connectivity index (χ3n) is 3.19. The Morgan fingerprint density at radius 1 is 1.05 bits per heavy atom. The molecule has 1 aromatic rings. The highest BCUT2D eigenvalue weighted by molar-refractivity contribution is 5.94. The quantitative estimate of drug-likeness (QED) is 0.700. The van der Waals surface area contributed by atoms with Crippen molar-refractivity contribution in [2.45, 2.75) is 45.9 Å². The number of benzene rings is 1. The monoisotopic (exact) mass is 317 g/mol. The number of nitrogens with zero attached hydrogens (tertiary/aromatic N) is 1. The summed E-state index contributed by atoms with van der Waals surface area (Å²) in [5.41, 5.74) is 0.377. The topological polar surface area (TPSA) is 29.5 Å². The van der Waals surface area contributed by atoms with Crippen LogP contribution in [0.2, 0.25) is 0 Å². The summed E-state index contributed by atoms with van der Waals surface area (Å²) in [6.07, 6.45) is -0.947. The molecule has 0 aliphatic carbocycles. The number of carbonyl (C=O) groups excluding carboxylic acids is 1. The number of hydrogen-bond donors (Lipinski definition) is 0. The van der Waals surface area contributed by atoms with E-state index in [2.05, 4.69) is 4.74 Å². The van der Waals surface area contributed by atoms with E-state index in [0.29, 0.717) is 18.7 Å². The van der Waals surface area contributed by atoms with Gasteiger partial charge in [0.05, 0.1) is 0 Å². The van der Waals surface area contributed by atoms with Crippen molar-refractivity contribution in [3.8, 4) is 5.75 Å². The Balaban J connectivity index is 2.76. The van der Waals surface area contributed by atoms with Crippen LogP contribution in [0.4, 0.5) is 13.2 Å². The van der Waals surface area contributed by atoms with E-state index in [9.17, 15) is 18.0 Å². The summed E-state index contributed by atoms with van der Waals surface area (Å²) >= 11 is 0. The number of ether oxygens (including phenoxy) is 1. The Bertz CT molecular complexity index is 449. The van der Waals surface area contributed by atoms with E-state index in [1.54, 1.807) is 4.90 Å².